The molecule has 9 nitrogen and oxygen atoms in total. The lowest BCUT2D eigenvalue weighted by Crippen LogP contribution is -2.53. The van der Waals surface area contributed by atoms with Crippen molar-refractivity contribution in [2.45, 2.75) is 43.7 Å². The van der Waals surface area contributed by atoms with Crippen molar-refractivity contribution >= 4 is 27.5 Å². The number of carbonyl (C=O) groups excluding carboxylic acids is 2. The number of benzene rings is 4. The smallest absolute Gasteiger partial charge is 0.264 e. The lowest BCUT2D eigenvalue weighted by atomic mass is 10.0. The Morgan fingerprint density at radius 2 is 1.49 bits per heavy atom. The SMILES string of the molecule is CCCCNC(=O)[C@@H](Cc1ccccc1)N(Cc1cccc(OC)c1)C(=O)CN(c1ccc(F)cc1)S(=O)(=O)c1ccc(OC)cc1. The number of halogens is 1. The minimum absolute atomic E-state index is 0.00538. The summed E-state index contributed by atoms with van der Waals surface area (Å²) >= 11 is 0. The van der Waals surface area contributed by atoms with Crippen LogP contribution in [0.15, 0.2) is 108 Å². The molecular weight excluding hydrogens is 621 g/mol. The normalized spacial score (nSPS) is 11.7. The number of ether oxygens (including phenoxy) is 2. The van der Waals surface area contributed by atoms with E-state index in [9.17, 15) is 22.4 Å². The lowest BCUT2D eigenvalue weighted by Gasteiger charge is -2.34. The molecule has 0 aliphatic heterocycles. The number of rotatable bonds is 16. The Kier molecular flexibility index (Phi) is 12.3. The summed E-state index contributed by atoms with van der Waals surface area (Å²) in [5.74, 6) is -0.522. The maximum atomic E-state index is 14.5. The van der Waals surface area contributed by atoms with Gasteiger partial charge in [-0.05, 0) is 78.2 Å². The molecule has 0 aromatic heterocycles. The van der Waals surface area contributed by atoms with Gasteiger partial charge in [-0.25, -0.2) is 12.8 Å². The van der Waals surface area contributed by atoms with Gasteiger partial charge in [-0.15, -0.1) is 0 Å². The number of methoxy groups -OCH3 is 2. The highest BCUT2D eigenvalue weighted by atomic mass is 32.2. The summed E-state index contributed by atoms with van der Waals surface area (Å²) in [6.07, 6.45) is 1.81. The quantitative estimate of drug-likeness (QED) is 0.157. The van der Waals surface area contributed by atoms with E-state index in [0.717, 1.165) is 34.8 Å². The highest BCUT2D eigenvalue weighted by molar-refractivity contribution is 7.92. The van der Waals surface area contributed by atoms with E-state index < -0.39 is 34.3 Å². The molecule has 4 rings (SSSR count). The van der Waals surface area contributed by atoms with Crippen LogP contribution in [0.5, 0.6) is 11.5 Å². The summed E-state index contributed by atoms with van der Waals surface area (Å²) in [6.45, 7) is 1.78. The molecule has 47 heavy (non-hydrogen) atoms. The molecule has 0 heterocycles. The predicted molar refractivity (Wildman–Crippen MR) is 179 cm³/mol. The summed E-state index contributed by atoms with van der Waals surface area (Å²) < 4.78 is 53.7. The third-order valence-electron chi connectivity index (χ3n) is 7.63. The molecule has 0 fully saturated rings. The van der Waals surface area contributed by atoms with Crippen LogP contribution < -0.4 is 19.1 Å². The molecular formula is C36H40FN3O6S. The fourth-order valence-corrected chi connectivity index (χ4v) is 6.45. The van der Waals surface area contributed by atoms with E-state index in [1.54, 1.807) is 18.2 Å². The Morgan fingerprint density at radius 1 is 0.830 bits per heavy atom. The van der Waals surface area contributed by atoms with Gasteiger partial charge in [0, 0.05) is 19.5 Å². The zero-order valence-electron chi connectivity index (χ0n) is 26.8. The molecule has 1 atom stereocenters. The van der Waals surface area contributed by atoms with Crippen molar-refractivity contribution in [2.24, 2.45) is 0 Å². The van der Waals surface area contributed by atoms with Gasteiger partial charge in [-0.1, -0.05) is 55.8 Å². The van der Waals surface area contributed by atoms with Crippen LogP contribution in [0.25, 0.3) is 0 Å². The van der Waals surface area contributed by atoms with Crippen LogP contribution in [0.3, 0.4) is 0 Å². The number of nitrogens with zero attached hydrogens (tertiary/aromatic N) is 2. The van der Waals surface area contributed by atoms with Crippen molar-refractivity contribution in [1.29, 1.82) is 0 Å². The zero-order chi connectivity index (χ0) is 33.8. The summed E-state index contributed by atoms with van der Waals surface area (Å²) in [7, 11) is -1.34. The third-order valence-corrected chi connectivity index (χ3v) is 9.42. The number of unbranched alkanes of at least 4 members (excludes halogenated alkanes) is 1. The molecule has 0 aliphatic rings. The van der Waals surface area contributed by atoms with Gasteiger partial charge >= 0.3 is 0 Å². The average Bonchev–Trinajstić information content (AvgIpc) is 3.09. The molecule has 4 aromatic carbocycles. The van der Waals surface area contributed by atoms with Gasteiger partial charge in [0.1, 0.15) is 29.9 Å². The van der Waals surface area contributed by atoms with Crippen LogP contribution in [0.1, 0.15) is 30.9 Å². The van der Waals surface area contributed by atoms with Gasteiger partial charge in [0.25, 0.3) is 10.0 Å². The van der Waals surface area contributed by atoms with E-state index in [0.29, 0.717) is 23.6 Å². The van der Waals surface area contributed by atoms with Gasteiger partial charge in [-0.3, -0.25) is 13.9 Å². The summed E-state index contributed by atoms with van der Waals surface area (Å²) in [6, 6.07) is 26.1. The Bertz CT molecular complexity index is 1720. The maximum Gasteiger partial charge on any atom is 0.264 e. The van der Waals surface area contributed by atoms with E-state index in [2.05, 4.69) is 5.32 Å². The Morgan fingerprint density at radius 3 is 2.13 bits per heavy atom. The number of hydrogen-bond donors (Lipinski definition) is 1. The Balaban J connectivity index is 1.79. The van der Waals surface area contributed by atoms with Crippen LogP contribution in [0.4, 0.5) is 10.1 Å². The number of hydrogen-bond acceptors (Lipinski definition) is 6. The van der Waals surface area contributed by atoms with Gasteiger partial charge in [0.05, 0.1) is 24.8 Å². The molecule has 4 aromatic rings. The van der Waals surface area contributed by atoms with Gasteiger partial charge in [-0.2, -0.15) is 0 Å². The number of anilines is 1. The van der Waals surface area contributed by atoms with Crippen molar-refractivity contribution in [1.82, 2.24) is 10.2 Å². The number of nitrogens with one attached hydrogen (secondary N) is 1. The van der Waals surface area contributed by atoms with Crippen LogP contribution in [0.2, 0.25) is 0 Å². The minimum Gasteiger partial charge on any atom is -0.497 e. The highest BCUT2D eigenvalue weighted by Crippen LogP contribution is 2.27. The van der Waals surface area contributed by atoms with Crippen LogP contribution >= 0.6 is 0 Å². The van der Waals surface area contributed by atoms with E-state index in [1.807, 2.05) is 43.3 Å². The summed E-state index contributed by atoms with van der Waals surface area (Å²) in [5, 5.41) is 2.96. The van der Waals surface area contributed by atoms with E-state index >= 15 is 0 Å². The minimum atomic E-state index is -4.34. The van der Waals surface area contributed by atoms with Gasteiger partial charge in [0.15, 0.2) is 0 Å². The first-order valence-corrected chi connectivity index (χ1v) is 16.8. The van der Waals surface area contributed by atoms with Crippen LogP contribution in [-0.4, -0.2) is 58.5 Å². The van der Waals surface area contributed by atoms with Gasteiger partial charge in [0.2, 0.25) is 11.8 Å². The highest BCUT2D eigenvalue weighted by Gasteiger charge is 2.34. The predicted octanol–water partition coefficient (Wildman–Crippen LogP) is 5.59. The van der Waals surface area contributed by atoms with Crippen molar-refractivity contribution in [3.8, 4) is 11.5 Å². The lowest BCUT2D eigenvalue weighted by molar-refractivity contribution is -0.140. The molecule has 248 valence electrons. The largest absolute Gasteiger partial charge is 0.497 e. The summed E-state index contributed by atoms with van der Waals surface area (Å²) in [4.78, 5) is 29.7. The zero-order valence-corrected chi connectivity index (χ0v) is 27.6. The maximum absolute atomic E-state index is 14.5. The molecule has 0 spiro atoms. The fraction of sp³-hybridized carbons (Fsp3) is 0.278. The van der Waals surface area contributed by atoms with Crippen LogP contribution in [-0.2, 0) is 32.6 Å². The first-order chi connectivity index (χ1) is 22.7. The molecule has 2 amide bonds. The second kappa shape index (κ2) is 16.6. The van der Waals surface area contributed by atoms with E-state index in [-0.39, 0.29) is 29.5 Å². The first kappa shape index (κ1) is 35.0. The van der Waals surface area contributed by atoms with E-state index in [4.69, 9.17) is 9.47 Å². The van der Waals surface area contributed by atoms with Gasteiger partial charge < -0.3 is 19.7 Å². The molecule has 0 radical (unpaired) electrons. The fourth-order valence-electron chi connectivity index (χ4n) is 5.04. The number of sulfonamides is 1. The van der Waals surface area contributed by atoms with Crippen LogP contribution in [0, 0.1) is 5.82 Å². The molecule has 1 N–H and O–H groups in total. The molecule has 0 aliphatic carbocycles. The topological polar surface area (TPSA) is 105 Å². The standard InChI is InChI=1S/C36H40FN3O6S/c1-4-5-22-38-36(42)34(24-27-10-7-6-8-11-27)39(25-28-12-9-13-32(23-28)46-3)35(41)26-40(30-16-14-29(37)15-17-30)47(43,44)33-20-18-31(45-2)19-21-33/h6-21,23,34H,4-5,22,24-26H2,1-3H3,(H,38,42)/t34-/m1/s1. The molecule has 0 saturated heterocycles. The third kappa shape index (κ3) is 9.32. The first-order valence-electron chi connectivity index (χ1n) is 15.3. The van der Waals surface area contributed by atoms with Crippen molar-refractivity contribution in [2.75, 3.05) is 31.6 Å². The second-order valence-corrected chi connectivity index (χ2v) is 12.7. The number of amides is 2. The Labute approximate surface area is 276 Å². The van der Waals surface area contributed by atoms with Crippen molar-refractivity contribution in [3.63, 3.8) is 0 Å². The Hall–Kier alpha value is -4.90. The number of carbonyl (C=O) groups is 2. The molecule has 0 unspecified atom stereocenters. The van der Waals surface area contributed by atoms with E-state index in [1.165, 1.54) is 55.5 Å². The molecule has 0 bridgehead atoms. The van der Waals surface area contributed by atoms with Crippen molar-refractivity contribution < 1.29 is 31.9 Å². The molecule has 0 saturated carbocycles. The second-order valence-electron chi connectivity index (χ2n) is 10.9. The van der Waals surface area contributed by atoms with Crippen molar-refractivity contribution in [3.05, 3.63) is 120 Å². The summed E-state index contributed by atoms with van der Waals surface area (Å²) in [5.41, 5.74) is 1.60. The monoisotopic (exact) mass is 661 g/mol. The molecule has 11 heteroatoms. The average molecular weight is 662 g/mol.